The van der Waals surface area contributed by atoms with E-state index in [4.69, 9.17) is 14.2 Å². The lowest BCUT2D eigenvalue weighted by molar-refractivity contribution is -0.118. The van der Waals surface area contributed by atoms with Gasteiger partial charge in [-0.2, -0.15) is 5.26 Å². The van der Waals surface area contributed by atoms with Crippen molar-refractivity contribution < 1.29 is 23.8 Å². The molecular formula is C21H18N2O5S. The number of hydrogen-bond acceptors (Lipinski definition) is 8. The number of para-hydroxylation sites is 1. The molecule has 1 aliphatic rings. The molecule has 2 aromatic rings. The third-order valence-electron chi connectivity index (χ3n) is 4.31. The number of rotatable bonds is 6. The fourth-order valence-electron chi connectivity index (χ4n) is 2.88. The second-order valence-electron chi connectivity index (χ2n) is 5.96. The van der Waals surface area contributed by atoms with E-state index in [1.807, 2.05) is 30.3 Å². The Hall–Kier alpha value is -3.44. The number of carbonyl (C=O) groups is 2. The van der Waals surface area contributed by atoms with Crippen molar-refractivity contribution in [3.05, 3.63) is 58.6 Å². The number of methoxy groups -OCH3 is 2. The Morgan fingerprint density at radius 1 is 1.07 bits per heavy atom. The summed E-state index contributed by atoms with van der Waals surface area (Å²) in [5, 5.41) is 10.1. The summed E-state index contributed by atoms with van der Waals surface area (Å²) >= 11 is 1.33. The number of benzene rings is 2. The van der Waals surface area contributed by atoms with Gasteiger partial charge < -0.3 is 19.1 Å². The highest BCUT2D eigenvalue weighted by atomic mass is 32.2. The van der Waals surface area contributed by atoms with Gasteiger partial charge in [-0.15, -0.1) is 0 Å². The molecule has 29 heavy (non-hydrogen) atoms. The Bertz CT molecular complexity index is 1020. The molecule has 0 saturated carbocycles. The molecule has 1 aliphatic heterocycles. The molecule has 3 rings (SSSR count). The van der Waals surface area contributed by atoms with E-state index >= 15 is 0 Å². The molecule has 0 radical (unpaired) electrons. The quantitative estimate of drug-likeness (QED) is 0.407. The zero-order valence-corrected chi connectivity index (χ0v) is 16.9. The maximum Gasteiger partial charge on any atom is 0.346 e. The molecule has 0 unspecified atom stereocenters. The van der Waals surface area contributed by atoms with Gasteiger partial charge in [0.25, 0.3) is 0 Å². The standard InChI is InChI=1S/C21H18N2O5S/c1-23-14-7-4-5-10-18(14)29-20(23)13(11-22)15(24)12-28-21(25)19-16(26-2)8-6-9-17(19)27-3/h4-10H,12H2,1-3H3/b20-13-. The van der Waals surface area contributed by atoms with Gasteiger partial charge in [0.15, 0.2) is 6.61 Å². The van der Waals surface area contributed by atoms with Crippen molar-refractivity contribution in [1.82, 2.24) is 0 Å². The van der Waals surface area contributed by atoms with Crippen molar-refractivity contribution in [2.24, 2.45) is 0 Å². The number of anilines is 1. The molecule has 7 nitrogen and oxygen atoms in total. The lowest BCUT2D eigenvalue weighted by atomic mass is 10.1. The third kappa shape index (κ3) is 3.91. The zero-order valence-electron chi connectivity index (χ0n) is 16.1. The smallest absolute Gasteiger partial charge is 0.346 e. The van der Waals surface area contributed by atoms with E-state index in [9.17, 15) is 14.9 Å². The Morgan fingerprint density at radius 2 is 1.72 bits per heavy atom. The van der Waals surface area contributed by atoms with E-state index in [1.165, 1.54) is 26.0 Å². The Labute approximate surface area is 172 Å². The van der Waals surface area contributed by atoms with Crippen LogP contribution in [0.5, 0.6) is 11.5 Å². The topological polar surface area (TPSA) is 88.9 Å². The maximum atomic E-state index is 12.6. The fourth-order valence-corrected chi connectivity index (χ4v) is 4.04. The number of fused-ring (bicyclic) bond motifs is 1. The largest absolute Gasteiger partial charge is 0.496 e. The minimum absolute atomic E-state index is 0.0616. The first-order chi connectivity index (χ1) is 14.0. The average Bonchev–Trinajstić information content (AvgIpc) is 3.08. The first-order valence-corrected chi connectivity index (χ1v) is 9.39. The average molecular weight is 410 g/mol. The molecule has 0 bridgehead atoms. The van der Waals surface area contributed by atoms with Gasteiger partial charge in [-0.3, -0.25) is 4.79 Å². The first-order valence-electron chi connectivity index (χ1n) is 8.58. The summed E-state index contributed by atoms with van der Waals surface area (Å²) in [4.78, 5) is 27.9. The van der Waals surface area contributed by atoms with Gasteiger partial charge in [0.05, 0.1) is 19.9 Å². The van der Waals surface area contributed by atoms with Crippen LogP contribution < -0.4 is 14.4 Å². The number of Topliss-reactive ketones (excluding diaryl/α,β-unsaturated/α-hetero) is 1. The lowest BCUT2D eigenvalue weighted by Gasteiger charge is -2.15. The summed E-state index contributed by atoms with van der Waals surface area (Å²) in [6.45, 7) is -0.572. The first kappa shape index (κ1) is 20.3. The number of carbonyl (C=O) groups excluding carboxylic acids is 2. The molecule has 1 heterocycles. The van der Waals surface area contributed by atoms with E-state index in [0.717, 1.165) is 10.6 Å². The zero-order chi connectivity index (χ0) is 21.0. The van der Waals surface area contributed by atoms with Crippen LogP contribution in [0.1, 0.15) is 10.4 Å². The van der Waals surface area contributed by atoms with Crippen LogP contribution in [0, 0.1) is 11.3 Å². The highest BCUT2D eigenvalue weighted by molar-refractivity contribution is 8.03. The second-order valence-corrected chi connectivity index (χ2v) is 6.99. The van der Waals surface area contributed by atoms with Gasteiger partial charge in [0, 0.05) is 11.9 Å². The van der Waals surface area contributed by atoms with E-state index in [1.54, 1.807) is 30.1 Å². The number of thioether (sulfide) groups is 1. The monoisotopic (exact) mass is 410 g/mol. The molecule has 2 aromatic carbocycles. The molecule has 0 saturated heterocycles. The SMILES string of the molecule is COc1cccc(OC)c1C(=O)OCC(=O)/C(C#N)=C1\Sc2ccccc2N1C. The van der Waals surface area contributed by atoms with Gasteiger partial charge in [-0.25, -0.2) is 4.79 Å². The van der Waals surface area contributed by atoms with Crippen LogP contribution in [-0.4, -0.2) is 39.6 Å². The molecule has 8 heteroatoms. The summed E-state index contributed by atoms with van der Waals surface area (Å²) < 4.78 is 15.5. The van der Waals surface area contributed by atoms with E-state index in [2.05, 4.69) is 0 Å². The number of esters is 1. The summed E-state index contributed by atoms with van der Waals surface area (Å²) in [5.41, 5.74) is 0.925. The number of hydrogen-bond donors (Lipinski definition) is 0. The minimum atomic E-state index is -0.773. The van der Waals surface area contributed by atoms with Gasteiger partial charge in [-0.05, 0) is 24.3 Å². The van der Waals surface area contributed by atoms with Crippen molar-refractivity contribution in [3.8, 4) is 17.6 Å². The fraction of sp³-hybridized carbons (Fsp3) is 0.190. The van der Waals surface area contributed by atoms with Crippen molar-refractivity contribution in [2.75, 3.05) is 32.8 Å². The molecule has 0 aromatic heterocycles. The van der Waals surface area contributed by atoms with Crippen LogP contribution in [0.3, 0.4) is 0 Å². The van der Waals surface area contributed by atoms with E-state index in [-0.39, 0.29) is 22.6 Å². The van der Waals surface area contributed by atoms with E-state index in [0.29, 0.717) is 5.03 Å². The third-order valence-corrected chi connectivity index (χ3v) is 5.55. The summed E-state index contributed by atoms with van der Waals surface area (Å²) in [5.74, 6) is -0.827. The highest BCUT2D eigenvalue weighted by Crippen LogP contribution is 2.46. The number of nitrogens with zero attached hydrogens (tertiary/aromatic N) is 2. The summed E-state index contributed by atoms with van der Waals surface area (Å²) in [6, 6.07) is 14.4. The molecule has 148 valence electrons. The van der Waals surface area contributed by atoms with Crippen molar-refractivity contribution >= 4 is 29.2 Å². The Kier molecular flexibility index (Phi) is 6.10. The van der Waals surface area contributed by atoms with Crippen molar-refractivity contribution in [2.45, 2.75) is 4.90 Å². The van der Waals surface area contributed by atoms with Crippen LogP contribution in [0.25, 0.3) is 0 Å². The highest BCUT2D eigenvalue weighted by Gasteiger charge is 2.29. The van der Waals surface area contributed by atoms with Crippen LogP contribution in [0.15, 0.2) is 58.0 Å². The van der Waals surface area contributed by atoms with Crippen LogP contribution >= 0.6 is 11.8 Å². The molecule has 0 atom stereocenters. The summed E-state index contributed by atoms with van der Waals surface area (Å²) in [7, 11) is 4.62. The molecule has 0 fully saturated rings. The van der Waals surface area contributed by atoms with Crippen molar-refractivity contribution in [1.29, 1.82) is 5.26 Å². The molecule has 0 spiro atoms. The van der Waals surface area contributed by atoms with Crippen LogP contribution in [0.2, 0.25) is 0 Å². The number of nitriles is 1. The molecule has 0 amide bonds. The number of ether oxygens (including phenoxy) is 3. The van der Waals surface area contributed by atoms with Gasteiger partial charge in [-0.1, -0.05) is 30.0 Å². The molecule has 0 aliphatic carbocycles. The maximum absolute atomic E-state index is 12.6. The van der Waals surface area contributed by atoms with Gasteiger partial charge >= 0.3 is 5.97 Å². The number of ketones is 1. The van der Waals surface area contributed by atoms with Gasteiger partial charge in [0.2, 0.25) is 5.78 Å². The van der Waals surface area contributed by atoms with Crippen LogP contribution in [-0.2, 0) is 9.53 Å². The van der Waals surface area contributed by atoms with Crippen molar-refractivity contribution in [3.63, 3.8) is 0 Å². The van der Waals surface area contributed by atoms with E-state index < -0.39 is 18.4 Å². The predicted molar refractivity (Wildman–Crippen MR) is 108 cm³/mol. The lowest BCUT2D eigenvalue weighted by Crippen LogP contribution is -2.20. The predicted octanol–water partition coefficient (Wildman–Crippen LogP) is 3.41. The Balaban J connectivity index is 1.79. The second kappa shape index (κ2) is 8.71. The van der Waals surface area contributed by atoms with Crippen LogP contribution in [0.4, 0.5) is 5.69 Å². The van der Waals surface area contributed by atoms with Gasteiger partial charge in [0.1, 0.15) is 33.7 Å². The molecular weight excluding hydrogens is 392 g/mol. The minimum Gasteiger partial charge on any atom is -0.496 e. The Morgan fingerprint density at radius 3 is 2.31 bits per heavy atom. The summed E-state index contributed by atoms with van der Waals surface area (Å²) in [6.07, 6.45) is 0. The normalized spacial score (nSPS) is 13.9. The molecule has 0 N–H and O–H groups in total.